The molecule has 0 aromatic carbocycles. The smallest absolute Gasteiger partial charge is 0.329 e. The Morgan fingerprint density at radius 1 is 1.77 bits per heavy atom. The molecule has 0 radical (unpaired) electrons. The van der Waals surface area contributed by atoms with Crippen LogP contribution in [0.4, 0.5) is 10.5 Å². The molecule has 0 saturated carbocycles. The van der Waals surface area contributed by atoms with Crippen molar-refractivity contribution < 1.29 is 9.53 Å². The molecular formula is C6H8N4O2S. The van der Waals surface area contributed by atoms with Gasteiger partial charge >= 0.3 is 6.03 Å². The highest BCUT2D eigenvalue weighted by Crippen LogP contribution is 2.24. The van der Waals surface area contributed by atoms with Crippen LogP contribution < -0.4 is 14.8 Å². The summed E-state index contributed by atoms with van der Waals surface area (Å²) in [5.41, 5.74) is 5.30. The molecule has 1 aromatic heterocycles. The van der Waals surface area contributed by atoms with Gasteiger partial charge in [0.1, 0.15) is 12.0 Å². The lowest BCUT2D eigenvalue weighted by Crippen LogP contribution is -2.27. The molecule has 70 valence electrons. The minimum Gasteiger partial charge on any atom is -0.479 e. The van der Waals surface area contributed by atoms with Gasteiger partial charge in [-0.3, -0.25) is 0 Å². The molecule has 0 atom stereocenters. The molecule has 1 aromatic rings. The first-order valence-electron chi connectivity index (χ1n) is 3.29. The van der Waals surface area contributed by atoms with Crippen LogP contribution in [0.1, 0.15) is 0 Å². The molecule has 1 rings (SSSR count). The Morgan fingerprint density at radius 3 is 3.00 bits per heavy atom. The Hall–Kier alpha value is -1.50. The number of aromatic nitrogens is 2. The first-order valence-corrected chi connectivity index (χ1v) is 3.69. The normalized spacial score (nSPS) is 9.38. The third-order valence-electron chi connectivity index (χ3n) is 1.29. The van der Waals surface area contributed by atoms with E-state index in [2.05, 4.69) is 22.8 Å². The van der Waals surface area contributed by atoms with E-state index in [4.69, 9.17) is 10.5 Å². The molecule has 0 bridgehead atoms. The van der Waals surface area contributed by atoms with E-state index < -0.39 is 6.03 Å². The number of carbonyl (C=O) groups excluding carboxylic acids is 1. The van der Waals surface area contributed by atoms with Crippen molar-refractivity contribution in [3.8, 4) is 5.88 Å². The summed E-state index contributed by atoms with van der Waals surface area (Å²) in [6.07, 6.45) is 2.68. The number of amides is 2. The summed E-state index contributed by atoms with van der Waals surface area (Å²) in [6, 6.07) is -0.726. The van der Waals surface area contributed by atoms with Gasteiger partial charge in [-0.1, -0.05) is 12.8 Å². The second-order valence-electron chi connectivity index (χ2n) is 2.07. The van der Waals surface area contributed by atoms with Gasteiger partial charge in [0.25, 0.3) is 0 Å². The zero-order valence-electron chi connectivity index (χ0n) is 6.84. The fourth-order valence-corrected chi connectivity index (χ4v) is 0.870. The van der Waals surface area contributed by atoms with Gasteiger partial charge < -0.3 is 10.5 Å². The van der Waals surface area contributed by atoms with Crippen LogP contribution in [0.3, 0.4) is 0 Å². The number of anilines is 1. The fourth-order valence-electron chi connectivity index (χ4n) is 0.732. The Morgan fingerprint density at radius 2 is 2.46 bits per heavy atom. The maximum Gasteiger partial charge on any atom is 0.329 e. The Labute approximate surface area is 80.3 Å². The van der Waals surface area contributed by atoms with E-state index in [0.29, 0.717) is 5.69 Å². The molecule has 1 heterocycles. The number of thiol groups is 1. The molecule has 0 saturated heterocycles. The van der Waals surface area contributed by atoms with Crippen molar-refractivity contribution in [1.29, 1.82) is 0 Å². The summed E-state index contributed by atoms with van der Waals surface area (Å²) >= 11 is 3.84. The van der Waals surface area contributed by atoms with Crippen LogP contribution in [0.15, 0.2) is 12.5 Å². The summed E-state index contributed by atoms with van der Waals surface area (Å²) in [4.78, 5) is 18.2. The lowest BCUT2D eigenvalue weighted by Gasteiger charge is -2.13. The molecule has 7 heteroatoms. The van der Waals surface area contributed by atoms with Crippen LogP contribution >= 0.6 is 12.8 Å². The molecule has 0 fully saturated rings. The average molecular weight is 200 g/mol. The van der Waals surface area contributed by atoms with Gasteiger partial charge in [0.15, 0.2) is 0 Å². The number of hydrogen-bond donors (Lipinski definition) is 2. The monoisotopic (exact) mass is 200 g/mol. The zero-order valence-corrected chi connectivity index (χ0v) is 7.73. The van der Waals surface area contributed by atoms with E-state index in [1.54, 1.807) is 0 Å². The minimum atomic E-state index is -0.726. The van der Waals surface area contributed by atoms with Crippen molar-refractivity contribution in [2.75, 3.05) is 11.4 Å². The zero-order chi connectivity index (χ0) is 9.84. The number of carbonyl (C=O) groups is 1. The first-order chi connectivity index (χ1) is 6.16. The molecule has 0 aliphatic rings. The third kappa shape index (κ3) is 2.00. The van der Waals surface area contributed by atoms with Gasteiger partial charge in [-0.05, 0) is 0 Å². The standard InChI is InChI=1S/C6H8N4O2S/c1-12-5-4(2-8-3-9-5)10(13)6(7)11/h2-3,13H,1H3,(H2,7,11). The highest BCUT2D eigenvalue weighted by Gasteiger charge is 2.14. The number of methoxy groups -OCH3 is 1. The Kier molecular flexibility index (Phi) is 2.91. The number of nitrogens with two attached hydrogens (primary N) is 1. The number of urea groups is 1. The maximum atomic E-state index is 10.7. The number of ether oxygens (including phenoxy) is 1. The van der Waals surface area contributed by atoms with E-state index in [1.165, 1.54) is 19.6 Å². The van der Waals surface area contributed by atoms with E-state index in [1.807, 2.05) is 0 Å². The van der Waals surface area contributed by atoms with Crippen molar-refractivity contribution in [3.05, 3.63) is 12.5 Å². The second kappa shape index (κ2) is 3.94. The molecular weight excluding hydrogens is 192 g/mol. The van der Waals surface area contributed by atoms with Crippen LogP contribution in [-0.4, -0.2) is 23.1 Å². The number of hydrogen-bond acceptors (Lipinski definition) is 5. The highest BCUT2D eigenvalue weighted by atomic mass is 32.1. The van der Waals surface area contributed by atoms with Crippen molar-refractivity contribution in [3.63, 3.8) is 0 Å². The molecule has 0 aliphatic heterocycles. The lowest BCUT2D eigenvalue weighted by molar-refractivity contribution is 0.257. The molecule has 2 N–H and O–H groups in total. The van der Waals surface area contributed by atoms with E-state index in [0.717, 1.165) is 4.31 Å². The molecule has 13 heavy (non-hydrogen) atoms. The number of nitrogens with zero attached hydrogens (tertiary/aromatic N) is 3. The summed E-state index contributed by atoms with van der Waals surface area (Å²) in [7, 11) is 1.43. The summed E-state index contributed by atoms with van der Waals surface area (Å²) in [5, 5.41) is 0. The van der Waals surface area contributed by atoms with Crippen LogP contribution in [0.2, 0.25) is 0 Å². The first kappa shape index (κ1) is 9.59. The van der Waals surface area contributed by atoms with Gasteiger partial charge in [0, 0.05) is 0 Å². The van der Waals surface area contributed by atoms with Gasteiger partial charge in [0.05, 0.1) is 13.3 Å². The summed E-state index contributed by atoms with van der Waals surface area (Å²) in [5.74, 6) is 0.240. The molecule has 0 spiro atoms. The van der Waals surface area contributed by atoms with Crippen molar-refractivity contribution in [2.45, 2.75) is 0 Å². The SMILES string of the molecule is COc1ncncc1N(S)C(N)=O. The number of primary amides is 1. The van der Waals surface area contributed by atoms with Gasteiger partial charge in [-0.15, -0.1) is 0 Å². The van der Waals surface area contributed by atoms with Crippen LogP contribution in [-0.2, 0) is 0 Å². The van der Waals surface area contributed by atoms with Crippen LogP contribution in [0.5, 0.6) is 5.88 Å². The largest absolute Gasteiger partial charge is 0.479 e. The fraction of sp³-hybridized carbons (Fsp3) is 0.167. The topological polar surface area (TPSA) is 81.3 Å². The van der Waals surface area contributed by atoms with E-state index in [-0.39, 0.29) is 5.88 Å². The summed E-state index contributed by atoms with van der Waals surface area (Å²) in [6.45, 7) is 0. The Balaban J connectivity index is 3.05. The lowest BCUT2D eigenvalue weighted by atomic mass is 10.5. The van der Waals surface area contributed by atoms with Gasteiger partial charge in [0.2, 0.25) is 5.88 Å². The Bertz CT molecular complexity index is 319. The molecule has 0 unspecified atom stereocenters. The van der Waals surface area contributed by atoms with Crippen LogP contribution in [0, 0.1) is 0 Å². The summed E-state index contributed by atoms with van der Waals surface area (Å²) < 4.78 is 5.77. The quantitative estimate of drug-likeness (QED) is 0.669. The van der Waals surface area contributed by atoms with E-state index >= 15 is 0 Å². The predicted molar refractivity (Wildman–Crippen MR) is 49.6 cm³/mol. The second-order valence-corrected chi connectivity index (χ2v) is 2.47. The van der Waals surface area contributed by atoms with Crippen LogP contribution in [0.25, 0.3) is 0 Å². The van der Waals surface area contributed by atoms with Gasteiger partial charge in [-0.2, -0.15) is 4.98 Å². The third-order valence-corrected chi connectivity index (χ3v) is 1.70. The molecule has 2 amide bonds. The highest BCUT2D eigenvalue weighted by molar-refractivity contribution is 7.82. The van der Waals surface area contributed by atoms with E-state index in [9.17, 15) is 4.79 Å². The number of rotatable bonds is 2. The maximum absolute atomic E-state index is 10.7. The average Bonchev–Trinajstić information content (AvgIpc) is 2.16. The molecule has 6 nitrogen and oxygen atoms in total. The molecule has 0 aliphatic carbocycles. The predicted octanol–water partition coefficient (Wildman–Crippen LogP) is 0.215. The minimum absolute atomic E-state index is 0.240. The van der Waals surface area contributed by atoms with Gasteiger partial charge in [-0.25, -0.2) is 14.1 Å². The van der Waals surface area contributed by atoms with Crippen molar-refractivity contribution in [2.24, 2.45) is 5.73 Å². The van der Waals surface area contributed by atoms with Crippen molar-refractivity contribution in [1.82, 2.24) is 9.97 Å². The van der Waals surface area contributed by atoms with Crippen molar-refractivity contribution >= 4 is 24.5 Å².